The predicted molar refractivity (Wildman–Crippen MR) is 80.8 cm³/mol. The zero-order valence-corrected chi connectivity index (χ0v) is 11.7. The molecule has 2 N–H and O–H groups in total. The van der Waals surface area contributed by atoms with Gasteiger partial charge in [-0.05, 0) is 37.6 Å². The lowest BCUT2D eigenvalue weighted by Crippen LogP contribution is -1.97. The molecule has 1 aliphatic carbocycles. The fraction of sp³-hybridized carbons (Fsp3) is 0.250. The van der Waals surface area contributed by atoms with Gasteiger partial charge in [-0.25, -0.2) is 15.0 Å². The van der Waals surface area contributed by atoms with Crippen LogP contribution in [0.1, 0.15) is 35.5 Å². The molecule has 5 heteroatoms. The third-order valence-electron chi connectivity index (χ3n) is 3.90. The number of anilines is 1. The summed E-state index contributed by atoms with van der Waals surface area (Å²) in [6.45, 7) is 1.99. The Bertz CT molecular complexity index is 830. The van der Waals surface area contributed by atoms with Gasteiger partial charge in [0, 0.05) is 35.6 Å². The molecule has 104 valence electrons. The molecule has 0 saturated heterocycles. The minimum atomic E-state index is 0.359. The number of rotatable bonds is 2. The summed E-state index contributed by atoms with van der Waals surface area (Å²) >= 11 is 0. The zero-order valence-electron chi connectivity index (χ0n) is 11.7. The van der Waals surface area contributed by atoms with Gasteiger partial charge in [-0.1, -0.05) is 0 Å². The molecule has 1 fully saturated rings. The van der Waals surface area contributed by atoms with Gasteiger partial charge in [0.25, 0.3) is 0 Å². The lowest BCUT2D eigenvalue weighted by atomic mass is 10.2. The number of nitrogens with zero attached hydrogens (tertiary/aromatic N) is 4. The van der Waals surface area contributed by atoms with E-state index in [1.54, 1.807) is 0 Å². The van der Waals surface area contributed by atoms with Gasteiger partial charge in [0.1, 0.15) is 5.82 Å². The number of fused-ring (bicyclic) bond motifs is 1. The Balaban J connectivity index is 1.66. The number of benzene rings is 1. The number of hydrogen-bond donors (Lipinski definition) is 1. The van der Waals surface area contributed by atoms with Gasteiger partial charge in [-0.2, -0.15) is 0 Å². The number of hydrogen-bond acceptors (Lipinski definition) is 5. The van der Waals surface area contributed by atoms with Gasteiger partial charge in [-0.15, -0.1) is 0 Å². The highest BCUT2D eigenvalue weighted by Gasteiger charge is 2.43. The van der Waals surface area contributed by atoms with Gasteiger partial charge < -0.3 is 5.73 Å². The van der Waals surface area contributed by atoms with Crippen LogP contribution in [0.2, 0.25) is 0 Å². The number of aryl methyl sites for hydroxylation is 1. The fourth-order valence-corrected chi connectivity index (χ4v) is 2.68. The van der Waals surface area contributed by atoms with Gasteiger partial charge in [0.15, 0.2) is 0 Å². The van der Waals surface area contributed by atoms with Crippen LogP contribution < -0.4 is 5.73 Å². The molecular formula is C16H15N5. The minimum absolute atomic E-state index is 0.359. The molecule has 4 rings (SSSR count). The van der Waals surface area contributed by atoms with Gasteiger partial charge in [0.2, 0.25) is 0 Å². The van der Waals surface area contributed by atoms with Crippen molar-refractivity contribution in [3.63, 3.8) is 0 Å². The van der Waals surface area contributed by atoms with Crippen LogP contribution in [0.3, 0.4) is 0 Å². The zero-order chi connectivity index (χ0) is 14.4. The van der Waals surface area contributed by atoms with Crippen molar-refractivity contribution in [2.24, 2.45) is 0 Å². The Morgan fingerprint density at radius 2 is 1.95 bits per heavy atom. The molecule has 1 saturated carbocycles. The molecule has 5 nitrogen and oxygen atoms in total. The Hall–Kier alpha value is -2.56. The molecule has 1 aromatic carbocycles. The van der Waals surface area contributed by atoms with Crippen molar-refractivity contribution >= 4 is 16.7 Å². The second kappa shape index (κ2) is 4.48. The minimum Gasteiger partial charge on any atom is -0.399 e. The van der Waals surface area contributed by atoms with Crippen LogP contribution in [0.25, 0.3) is 11.0 Å². The summed E-state index contributed by atoms with van der Waals surface area (Å²) < 4.78 is 0. The summed E-state index contributed by atoms with van der Waals surface area (Å²) in [5.74, 6) is 1.64. The maximum Gasteiger partial charge on any atom is 0.132 e. The van der Waals surface area contributed by atoms with E-state index in [1.165, 1.54) is 0 Å². The molecule has 2 atom stereocenters. The molecule has 0 spiro atoms. The molecule has 1 aliphatic rings. The van der Waals surface area contributed by atoms with Crippen molar-refractivity contribution in [2.45, 2.75) is 25.2 Å². The largest absolute Gasteiger partial charge is 0.399 e. The third kappa shape index (κ3) is 2.20. The lowest BCUT2D eigenvalue weighted by molar-refractivity contribution is 0.864. The van der Waals surface area contributed by atoms with Crippen molar-refractivity contribution < 1.29 is 0 Å². The first-order chi connectivity index (χ1) is 10.2. The monoisotopic (exact) mass is 277 g/mol. The quantitative estimate of drug-likeness (QED) is 0.728. The average molecular weight is 277 g/mol. The second-order valence-electron chi connectivity index (χ2n) is 5.55. The number of nitrogens with two attached hydrogens (primary N) is 1. The molecule has 21 heavy (non-hydrogen) atoms. The molecule has 0 aliphatic heterocycles. The summed E-state index contributed by atoms with van der Waals surface area (Å²) in [5.41, 5.74) is 10.3. The van der Waals surface area contributed by atoms with E-state index in [2.05, 4.69) is 15.0 Å². The third-order valence-corrected chi connectivity index (χ3v) is 3.90. The van der Waals surface area contributed by atoms with Crippen LogP contribution >= 0.6 is 0 Å². The molecule has 0 unspecified atom stereocenters. The Morgan fingerprint density at radius 3 is 2.81 bits per heavy atom. The number of aromatic nitrogens is 4. The van der Waals surface area contributed by atoms with E-state index >= 15 is 0 Å². The van der Waals surface area contributed by atoms with Crippen LogP contribution in [0.15, 0.2) is 36.7 Å². The maximum absolute atomic E-state index is 5.81. The van der Waals surface area contributed by atoms with Crippen LogP contribution in [-0.4, -0.2) is 19.9 Å². The van der Waals surface area contributed by atoms with Crippen molar-refractivity contribution in [2.75, 3.05) is 5.73 Å². The Kier molecular flexibility index (Phi) is 2.60. The molecule has 0 amide bonds. The molecule has 2 aromatic heterocycles. The van der Waals surface area contributed by atoms with Crippen LogP contribution in [0, 0.1) is 6.92 Å². The van der Waals surface area contributed by atoms with Gasteiger partial charge in [-0.3, -0.25) is 4.98 Å². The highest BCUT2D eigenvalue weighted by molar-refractivity contribution is 5.77. The molecule has 0 radical (unpaired) electrons. The van der Waals surface area contributed by atoms with E-state index < -0.39 is 0 Å². The van der Waals surface area contributed by atoms with Crippen molar-refractivity contribution in [1.82, 2.24) is 19.9 Å². The highest BCUT2D eigenvalue weighted by Crippen LogP contribution is 2.52. The Labute approximate surface area is 122 Å². The number of nitrogen functional groups attached to an aromatic ring is 1. The van der Waals surface area contributed by atoms with Gasteiger partial charge in [0.05, 0.1) is 16.7 Å². The van der Waals surface area contributed by atoms with E-state index in [4.69, 9.17) is 10.7 Å². The molecular weight excluding hydrogens is 262 g/mol. The highest BCUT2D eigenvalue weighted by atomic mass is 14.9. The molecule has 2 heterocycles. The standard InChI is InChI=1S/C16H15N5/c1-9-4-5-18-16(20-9)12-7-11(12)15-8-19-13-3-2-10(17)6-14(13)21-15/h2-6,8,11-12H,7,17H2,1H3/t11-,12-/m0/s1. The van der Waals surface area contributed by atoms with E-state index in [-0.39, 0.29) is 0 Å². The van der Waals surface area contributed by atoms with E-state index in [0.717, 1.165) is 34.7 Å². The Morgan fingerprint density at radius 1 is 1.05 bits per heavy atom. The van der Waals surface area contributed by atoms with Crippen LogP contribution in [0.4, 0.5) is 5.69 Å². The molecule has 0 bridgehead atoms. The van der Waals surface area contributed by atoms with E-state index in [1.807, 2.05) is 43.6 Å². The maximum atomic E-state index is 5.81. The topological polar surface area (TPSA) is 77.6 Å². The van der Waals surface area contributed by atoms with E-state index in [9.17, 15) is 0 Å². The van der Waals surface area contributed by atoms with Crippen molar-refractivity contribution in [3.8, 4) is 0 Å². The van der Waals surface area contributed by atoms with E-state index in [0.29, 0.717) is 17.5 Å². The van der Waals surface area contributed by atoms with Gasteiger partial charge >= 0.3 is 0 Å². The van der Waals surface area contributed by atoms with Crippen LogP contribution in [0.5, 0.6) is 0 Å². The van der Waals surface area contributed by atoms with Crippen molar-refractivity contribution in [3.05, 3.63) is 53.9 Å². The SMILES string of the molecule is Cc1ccnc([C@H]2C[C@@H]2c2cnc3ccc(N)cc3n2)n1. The van der Waals surface area contributed by atoms with Crippen LogP contribution in [-0.2, 0) is 0 Å². The lowest BCUT2D eigenvalue weighted by Gasteiger charge is -2.03. The first kappa shape index (κ1) is 12.2. The smallest absolute Gasteiger partial charge is 0.132 e. The van der Waals surface area contributed by atoms with Crippen molar-refractivity contribution in [1.29, 1.82) is 0 Å². The second-order valence-corrected chi connectivity index (χ2v) is 5.55. The summed E-state index contributed by atoms with van der Waals surface area (Å²) in [6.07, 6.45) is 4.71. The summed E-state index contributed by atoms with van der Waals surface area (Å²) in [4.78, 5) is 18.1. The first-order valence-corrected chi connectivity index (χ1v) is 7.02. The average Bonchev–Trinajstić information content (AvgIpc) is 3.27. The fourth-order valence-electron chi connectivity index (χ4n) is 2.68. The summed E-state index contributed by atoms with van der Waals surface area (Å²) in [5, 5.41) is 0. The summed E-state index contributed by atoms with van der Waals surface area (Å²) in [6, 6.07) is 7.53. The summed E-state index contributed by atoms with van der Waals surface area (Å²) in [7, 11) is 0. The predicted octanol–water partition coefficient (Wildman–Crippen LogP) is 2.58. The first-order valence-electron chi connectivity index (χ1n) is 7.02. The molecule has 3 aromatic rings. The normalized spacial score (nSPS) is 20.6.